The lowest BCUT2D eigenvalue weighted by Crippen LogP contribution is -2.32. The van der Waals surface area contributed by atoms with Gasteiger partial charge in [0, 0.05) is 36.3 Å². The number of aromatic hydroxyl groups is 1. The van der Waals surface area contributed by atoms with E-state index in [0.29, 0.717) is 17.3 Å². The van der Waals surface area contributed by atoms with E-state index in [4.69, 9.17) is 16.3 Å². The second kappa shape index (κ2) is 9.06. The average Bonchev–Trinajstić information content (AvgIpc) is 2.45. The molecule has 0 radical (unpaired) electrons. The summed E-state index contributed by atoms with van der Waals surface area (Å²) in [6.45, 7) is 8.99. The number of hydrogen-bond acceptors (Lipinski definition) is 4. The Kier molecular flexibility index (Phi) is 7.73. The third kappa shape index (κ3) is 5.19. The van der Waals surface area contributed by atoms with E-state index >= 15 is 0 Å². The summed E-state index contributed by atoms with van der Waals surface area (Å²) in [5.74, 6) is 0.570. The first-order valence-corrected chi connectivity index (χ1v) is 7.48. The smallest absolute Gasteiger partial charge is 0.162 e. The Labute approximate surface area is 126 Å². The first-order chi connectivity index (χ1) is 9.62. The van der Waals surface area contributed by atoms with Gasteiger partial charge in [0.2, 0.25) is 0 Å². The maximum Gasteiger partial charge on any atom is 0.162 e. The first-order valence-electron chi connectivity index (χ1n) is 7.10. The van der Waals surface area contributed by atoms with E-state index in [1.165, 1.54) is 13.5 Å². The molecule has 0 saturated carbocycles. The van der Waals surface area contributed by atoms with E-state index < -0.39 is 0 Å². The molecular weight excluding hydrogens is 276 g/mol. The van der Waals surface area contributed by atoms with Crippen molar-refractivity contribution < 1.29 is 9.84 Å². The summed E-state index contributed by atoms with van der Waals surface area (Å²) in [6.07, 6.45) is 1.17. The normalized spacial score (nSPS) is 11.1. The van der Waals surface area contributed by atoms with Gasteiger partial charge in [0.15, 0.2) is 11.5 Å². The van der Waals surface area contributed by atoms with Crippen LogP contribution >= 0.6 is 11.6 Å². The van der Waals surface area contributed by atoms with Crippen molar-refractivity contribution in [3.8, 4) is 11.5 Å². The molecule has 1 aromatic carbocycles. The van der Waals surface area contributed by atoms with Gasteiger partial charge in [-0.1, -0.05) is 25.4 Å². The summed E-state index contributed by atoms with van der Waals surface area (Å²) in [4.78, 5) is 2.39. The van der Waals surface area contributed by atoms with Crippen LogP contribution in [0.15, 0.2) is 12.1 Å². The molecule has 0 bridgehead atoms. The monoisotopic (exact) mass is 300 g/mol. The molecule has 0 aliphatic heterocycles. The summed E-state index contributed by atoms with van der Waals surface area (Å²) in [6, 6.07) is 3.37. The first kappa shape index (κ1) is 17.1. The standard InChI is InChI=1S/C15H25ClN2O2/c1-4-7-18(5-2)8-6-17-11-12-9-13(16)10-14(20-3)15(12)19/h9-10,17,19H,4-8,11H2,1-3H3. The van der Waals surface area contributed by atoms with Gasteiger partial charge in [0.1, 0.15) is 0 Å². The van der Waals surface area contributed by atoms with Crippen molar-refractivity contribution in [2.45, 2.75) is 26.8 Å². The van der Waals surface area contributed by atoms with E-state index in [1.54, 1.807) is 12.1 Å². The maximum absolute atomic E-state index is 10.0. The number of phenols is 1. The van der Waals surface area contributed by atoms with Gasteiger partial charge in [-0.15, -0.1) is 0 Å². The van der Waals surface area contributed by atoms with E-state index in [0.717, 1.165) is 31.7 Å². The predicted molar refractivity (Wildman–Crippen MR) is 83.8 cm³/mol. The molecule has 0 aliphatic rings. The maximum atomic E-state index is 10.0. The van der Waals surface area contributed by atoms with Crippen LogP contribution in [-0.2, 0) is 6.54 Å². The molecule has 0 aromatic heterocycles. The van der Waals surface area contributed by atoms with E-state index in [2.05, 4.69) is 24.1 Å². The van der Waals surface area contributed by atoms with Crippen LogP contribution in [0.4, 0.5) is 0 Å². The number of nitrogens with zero attached hydrogens (tertiary/aromatic N) is 1. The molecule has 2 N–H and O–H groups in total. The second-order valence-electron chi connectivity index (χ2n) is 4.73. The zero-order valence-corrected chi connectivity index (χ0v) is 13.3. The third-order valence-electron chi connectivity index (χ3n) is 3.25. The molecule has 1 aromatic rings. The fraction of sp³-hybridized carbons (Fsp3) is 0.600. The lowest BCUT2D eigenvalue weighted by Gasteiger charge is -2.19. The van der Waals surface area contributed by atoms with Crippen molar-refractivity contribution in [3.05, 3.63) is 22.7 Å². The summed E-state index contributed by atoms with van der Waals surface area (Å²) in [5.41, 5.74) is 0.757. The van der Waals surface area contributed by atoms with Crippen molar-refractivity contribution in [3.63, 3.8) is 0 Å². The Bertz CT molecular complexity index is 413. The highest BCUT2D eigenvalue weighted by Gasteiger charge is 2.09. The molecule has 114 valence electrons. The van der Waals surface area contributed by atoms with Gasteiger partial charge in [-0.05, 0) is 25.6 Å². The van der Waals surface area contributed by atoms with E-state index in [9.17, 15) is 5.11 Å². The van der Waals surface area contributed by atoms with Crippen LogP contribution in [0.2, 0.25) is 5.02 Å². The molecule has 20 heavy (non-hydrogen) atoms. The van der Waals surface area contributed by atoms with Gasteiger partial charge in [-0.2, -0.15) is 0 Å². The molecule has 1 rings (SSSR count). The Hall–Kier alpha value is -0.970. The molecule has 0 atom stereocenters. The van der Waals surface area contributed by atoms with Gasteiger partial charge < -0.3 is 20.1 Å². The van der Waals surface area contributed by atoms with Crippen LogP contribution in [0.5, 0.6) is 11.5 Å². The molecule has 0 fully saturated rings. The molecule has 0 aliphatic carbocycles. The molecule has 5 heteroatoms. The van der Waals surface area contributed by atoms with Gasteiger partial charge in [-0.25, -0.2) is 0 Å². The Morgan fingerprint density at radius 1 is 1.30 bits per heavy atom. The minimum absolute atomic E-state index is 0.158. The summed E-state index contributed by atoms with van der Waals surface area (Å²) >= 11 is 6.00. The Morgan fingerprint density at radius 3 is 2.65 bits per heavy atom. The van der Waals surface area contributed by atoms with E-state index in [-0.39, 0.29) is 5.75 Å². The average molecular weight is 301 g/mol. The number of likely N-dealkylation sites (N-methyl/N-ethyl adjacent to an activating group) is 1. The van der Waals surface area contributed by atoms with Crippen LogP contribution in [0.3, 0.4) is 0 Å². The fourth-order valence-electron chi connectivity index (χ4n) is 2.12. The van der Waals surface area contributed by atoms with Crippen LogP contribution in [0.25, 0.3) is 0 Å². The van der Waals surface area contributed by atoms with Gasteiger partial charge >= 0.3 is 0 Å². The zero-order valence-electron chi connectivity index (χ0n) is 12.6. The molecule has 0 heterocycles. The molecular formula is C15H25ClN2O2. The number of phenolic OH excluding ortho intramolecular Hbond substituents is 1. The lowest BCUT2D eigenvalue weighted by molar-refractivity contribution is 0.287. The van der Waals surface area contributed by atoms with Crippen LogP contribution in [0, 0.1) is 0 Å². The van der Waals surface area contributed by atoms with Crippen molar-refractivity contribution in [2.75, 3.05) is 33.3 Å². The number of benzene rings is 1. The van der Waals surface area contributed by atoms with Crippen LogP contribution in [0.1, 0.15) is 25.8 Å². The van der Waals surface area contributed by atoms with Gasteiger partial charge in [0.25, 0.3) is 0 Å². The van der Waals surface area contributed by atoms with Crippen molar-refractivity contribution in [1.29, 1.82) is 0 Å². The number of nitrogens with one attached hydrogen (secondary N) is 1. The summed E-state index contributed by atoms with van der Waals surface area (Å²) in [5, 5.41) is 13.9. The van der Waals surface area contributed by atoms with Crippen molar-refractivity contribution in [1.82, 2.24) is 10.2 Å². The number of hydrogen-bond donors (Lipinski definition) is 2. The largest absolute Gasteiger partial charge is 0.504 e. The molecule has 4 nitrogen and oxygen atoms in total. The predicted octanol–water partition coefficient (Wildman–Crippen LogP) is 2.88. The summed E-state index contributed by atoms with van der Waals surface area (Å²) in [7, 11) is 1.52. The molecule has 0 unspecified atom stereocenters. The number of rotatable bonds is 9. The fourth-order valence-corrected chi connectivity index (χ4v) is 2.35. The number of halogens is 1. The SMILES string of the molecule is CCCN(CC)CCNCc1cc(Cl)cc(OC)c1O. The minimum atomic E-state index is 0.158. The highest BCUT2D eigenvalue weighted by Crippen LogP contribution is 2.33. The molecule has 0 amide bonds. The van der Waals surface area contributed by atoms with Gasteiger partial charge in [0.05, 0.1) is 7.11 Å². The van der Waals surface area contributed by atoms with Crippen LogP contribution < -0.4 is 10.1 Å². The quantitative estimate of drug-likeness (QED) is 0.688. The highest BCUT2D eigenvalue weighted by molar-refractivity contribution is 6.30. The topological polar surface area (TPSA) is 44.7 Å². The number of methoxy groups -OCH3 is 1. The van der Waals surface area contributed by atoms with Crippen molar-refractivity contribution >= 4 is 11.6 Å². The van der Waals surface area contributed by atoms with E-state index in [1.807, 2.05) is 0 Å². The molecule has 0 saturated heterocycles. The Morgan fingerprint density at radius 2 is 2.05 bits per heavy atom. The van der Waals surface area contributed by atoms with Gasteiger partial charge in [-0.3, -0.25) is 0 Å². The lowest BCUT2D eigenvalue weighted by atomic mass is 10.2. The minimum Gasteiger partial charge on any atom is -0.504 e. The van der Waals surface area contributed by atoms with Crippen LogP contribution in [-0.4, -0.2) is 43.3 Å². The molecule has 0 spiro atoms. The highest BCUT2D eigenvalue weighted by atomic mass is 35.5. The summed E-state index contributed by atoms with van der Waals surface area (Å²) < 4.78 is 5.09. The Balaban J connectivity index is 2.48. The number of ether oxygens (including phenoxy) is 1. The second-order valence-corrected chi connectivity index (χ2v) is 5.16. The van der Waals surface area contributed by atoms with Crippen molar-refractivity contribution in [2.24, 2.45) is 0 Å². The third-order valence-corrected chi connectivity index (χ3v) is 3.46. The zero-order chi connectivity index (χ0) is 15.0.